The van der Waals surface area contributed by atoms with Gasteiger partial charge >= 0.3 is 0 Å². The number of likely N-dealkylation sites (N-methyl/N-ethyl adjacent to an activating group) is 1. The van der Waals surface area contributed by atoms with E-state index < -0.39 is 5.95 Å². The normalized spacial score (nSPS) is 18.0. The summed E-state index contributed by atoms with van der Waals surface area (Å²) >= 11 is 0. The van der Waals surface area contributed by atoms with Crippen LogP contribution in [0, 0.1) is 18.8 Å². The summed E-state index contributed by atoms with van der Waals surface area (Å²) in [6.07, 6.45) is 7.33. The number of carbonyl (C=O) groups excluding carboxylic acids is 1. The second kappa shape index (κ2) is 7.60. The monoisotopic (exact) mass is 422 g/mol. The van der Waals surface area contributed by atoms with Gasteiger partial charge in [-0.3, -0.25) is 9.48 Å². The standard InChI is InChI=1S/C21H23FN8O/c1-12-17-19(29(2)18(15-4-5-15)20(31)27-17)28-21(26-12)24-8-14-9-25-30(11-14)10-13-3-6-16(22)23-7-13/h3,6-7,9,11,15,18H,4-5,8,10H2,1-2H3,(H,27,31)(H,24,26,28)/t18-/m0/s1. The van der Waals surface area contributed by atoms with Gasteiger partial charge < -0.3 is 15.5 Å². The van der Waals surface area contributed by atoms with E-state index in [-0.39, 0.29) is 11.9 Å². The molecule has 5 rings (SSSR count). The smallest absolute Gasteiger partial charge is 0.247 e. The Balaban J connectivity index is 1.28. The highest BCUT2D eigenvalue weighted by atomic mass is 19.1. The van der Waals surface area contributed by atoms with Crippen molar-refractivity contribution < 1.29 is 9.18 Å². The fourth-order valence-electron chi connectivity index (χ4n) is 3.94. The van der Waals surface area contributed by atoms with Gasteiger partial charge in [-0.1, -0.05) is 6.07 Å². The maximum Gasteiger partial charge on any atom is 0.247 e. The van der Waals surface area contributed by atoms with E-state index in [1.807, 2.05) is 25.1 Å². The van der Waals surface area contributed by atoms with Crippen LogP contribution in [-0.2, 0) is 17.9 Å². The van der Waals surface area contributed by atoms with Crippen molar-refractivity contribution in [1.82, 2.24) is 24.7 Å². The lowest BCUT2D eigenvalue weighted by atomic mass is 10.1. The number of nitrogens with zero attached hydrogens (tertiary/aromatic N) is 6. The van der Waals surface area contributed by atoms with E-state index in [0.717, 1.165) is 35.5 Å². The van der Waals surface area contributed by atoms with E-state index in [4.69, 9.17) is 0 Å². The van der Waals surface area contributed by atoms with Crippen LogP contribution in [0.1, 0.15) is 29.7 Å². The minimum Gasteiger partial charge on any atom is -0.350 e. The number of rotatable bonds is 6. The number of anilines is 3. The molecule has 3 aromatic rings. The third kappa shape index (κ3) is 3.92. The first kappa shape index (κ1) is 19.4. The van der Waals surface area contributed by atoms with Crippen molar-refractivity contribution in [3.63, 3.8) is 0 Å². The molecule has 0 spiro atoms. The first-order valence-corrected chi connectivity index (χ1v) is 10.3. The molecule has 1 aliphatic carbocycles. The summed E-state index contributed by atoms with van der Waals surface area (Å²) in [5.41, 5.74) is 3.23. The first-order chi connectivity index (χ1) is 15.0. The molecule has 1 amide bonds. The van der Waals surface area contributed by atoms with Crippen molar-refractivity contribution in [3.8, 4) is 0 Å². The Morgan fingerprint density at radius 2 is 2.06 bits per heavy atom. The van der Waals surface area contributed by atoms with E-state index in [2.05, 4.69) is 30.7 Å². The third-order valence-corrected chi connectivity index (χ3v) is 5.68. The number of aromatic nitrogens is 5. The van der Waals surface area contributed by atoms with E-state index >= 15 is 0 Å². The minimum atomic E-state index is -0.497. The number of nitrogens with one attached hydrogen (secondary N) is 2. The number of amides is 1. The summed E-state index contributed by atoms with van der Waals surface area (Å²) in [7, 11) is 1.92. The third-order valence-electron chi connectivity index (χ3n) is 5.68. The van der Waals surface area contributed by atoms with Gasteiger partial charge in [-0.05, 0) is 37.3 Å². The lowest BCUT2D eigenvalue weighted by Crippen LogP contribution is -2.48. The van der Waals surface area contributed by atoms with Gasteiger partial charge in [0.25, 0.3) is 0 Å². The van der Waals surface area contributed by atoms with Gasteiger partial charge in [0.2, 0.25) is 17.8 Å². The Kier molecular flexibility index (Phi) is 4.76. The average Bonchev–Trinajstić information content (AvgIpc) is 3.47. The molecule has 10 heteroatoms. The Bertz CT molecular complexity index is 1120. The topological polar surface area (TPSA) is 101 Å². The van der Waals surface area contributed by atoms with Crippen LogP contribution in [0.2, 0.25) is 0 Å². The fraction of sp³-hybridized carbons (Fsp3) is 0.381. The highest BCUT2D eigenvalue weighted by Crippen LogP contribution is 2.41. The predicted octanol–water partition coefficient (Wildman–Crippen LogP) is 2.34. The number of aryl methyl sites for hydroxylation is 1. The Morgan fingerprint density at radius 1 is 1.23 bits per heavy atom. The molecule has 2 aliphatic rings. The summed E-state index contributed by atoms with van der Waals surface area (Å²) < 4.78 is 14.7. The number of fused-ring (bicyclic) bond motifs is 1. The number of hydrogen-bond donors (Lipinski definition) is 2. The molecule has 1 saturated carbocycles. The number of carbonyl (C=O) groups is 1. The van der Waals surface area contributed by atoms with E-state index in [1.54, 1.807) is 16.9 Å². The van der Waals surface area contributed by atoms with Crippen LogP contribution in [-0.4, -0.2) is 43.7 Å². The van der Waals surface area contributed by atoms with Crippen LogP contribution in [0.25, 0.3) is 0 Å². The highest BCUT2D eigenvalue weighted by molar-refractivity contribution is 6.03. The zero-order chi connectivity index (χ0) is 21.5. The van der Waals surface area contributed by atoms with Crippen LogP contribution in [0.15, 0.2) is 30.7 Å². The summed E-state index contributed by atoms with van der Waals surface area (Å²) in [5, 5.41) is 10.6. The second-order valence-electron chi connectivity index (χ2n) is 8.10. The average molecular weight is 422 g/mol. The molecule has 31 heavy (non-hydrogen) atoms. The number of hydrogen-bond acceptors (Lipinski definition) is 7. The van der Waals surface area contributed by atoms with Crippen molar-refractivity contribution in [2.45, 2.75) is 38.9 Å². The highest BCUT2D eigenvalue weighted by Gasteiger charge is 2.43. The molecule has 0 saturated heterocycles. The Hall–Kier alpha value is -3.56. The number of pyridine rings is 1. The van der Waals surface area contributed by atoms with Gasteiger partial charge in [0, 0.05) is 31.5 Å². The SMILES string of the molecule is Cc1nc(NCc2cnn(Cc3ccc(F)nc3)c2)nc2c1NC(=O)[C@H](C1CC1)N2C. The van der Waals surface area contributed by atoms with Gasteiger partial charge in [-0.25, -0.2) is 9.97 Å². The molecular weight excluding hydrogens is 399 g/mol. The van der Waals surface area contributed by atoms with Crippen molar-refractivity contribution >= 4 is 23.4 Å². The molecule has 160 valence electrons. The molecule has 0 radical (unpaired) electrons. The van der Waals surface area contributed by atoms with E-state index in [0.29, 0.717) is 30.6 Å². The Labute approximate surface area is 178 Å². The van der Waals surface area contributed by atoms with Crippen LogP contribution >= 0.6 is 0 Å². The van der Waals surface area contributed by atoms with Gasteiger partial charge in [0.1, 0.15) is 11.7 Å². The van der Waals surface area contributed by atoms with Crippen molar-refractivity contribution in [2.75, 3.05) is 22.6 Å². The molecule has 1 aliphatic heterocycles. The van der Waals surface area contributed by atoms with Crippen molar-refractivity contribution in [1.29, 1.82) is 0 Å². The molecule has 3 aromatic heterocycles. The van der Waals surface area contributed by atoms with Gasteiger partial charge in [0.15, 0.2) is 5.82 Å². The van der Waals surface area contributed by atoms with Crippen LogP contribution in [0.3, 0.4) is 0 Å². The van der Waals surface area contributed by atoms with Crippen molar-refractivity contribution in [2.24, 2.45) is 5.92 Å². The lowest BCUT2D eigenvalue weighted by Gasteiger charge is -2.35. The van der Waals surface area contributed by atoms with Gasteiger partial charge in [0.05, 0.1) is 18.4 Å². The second-order valence-corrected chi connectivity index (χ2v) is 8.10. The molecule has 0 aromatic carbocycles. The molecule has 4 heterocycles. The Morgan fingerprint density at radius 3 is 2.81 bits per heavy atom. The summed E-state index contributed by atoms with van der Waals surface area (Å²) in [6, 6.07) is 2.86. The number of halogens is 1. The predicted molar refractivity (Wildman–Crippen MR) is 113 cm³/mol. The molecule has 0 bridgehead atoms. The quantitative estimate of drug-likeness (QED) is 0.588. The molecule has 1 fully saturated rings. The summed E-state index contributed by atoms with van der Waals surface area (Å²) in [6.45, 7) is 2.88. The fourth-order valence-corrected chi connectivity index (χ4v) is 3.94. The van der Waals surface area contributed by atoms with Crippen molar-refractivity contribution in [3.05, 3.63) is 53.5 Å². The molecule has 2 N–H and O–H groups in total. The van der Waals surface area contributed by atoms with E-state index in [1.165, 1.54) is 12.3 Å². The lowest BCUT2D eigenvalue weighted by molar-refractivity contribution is -0.118. The van der Waals surface area contributed by atoms with Gasteiger partial charge in [-0.2, -0.15) is 14.5 Å². The molecule has 0 unspecified atom stereocenters. The zero-order valence-electron chi connectivity index (χ0n) is 17.3. The maximum absolute atomic E-state index is 13.0. The zero-order valence-corrected chi connectivity index (χ0v) is 17.3. The minimum absolute atomic E-state index is 0.0219. The summed E-state index contributed by atoms with van der Waals surface area (Å²) in [4.78, 5) is 27.3. The maximum atomic E-state index is 13.0. The van der Waals surface area contributed by atoms with Crippen LogP contribution in [0.4, 0.5) is 21.8 Å². The van der Waals surface area contributed by atoms with Crippen LogP contribution < -0.4 is 15.5 Å². The molecule has 9 nitrogen and oxygen atoms in total. The first-order valence-electron chi connectivity index (χ1n) is 10.3. The van der Waals surface area contributed by atoms with E-state index in [9.17, 15) is 9.18 Å². The molecular formula is C21H23FN8O. The van der Waals surface area contributed by atoms with Gasteiger partial charge in [-0.15, -0.1) is 0 Å². The molecule has 1 atom stereocenters. The largest absolute Gasteiger partial charge is 0.350 e. The summed E-state index contributed by atoms with van der Waals surface area (Å²) in [5.74, 6) is 1.17. The van der Waals surface area contributed by atoms with Crippen LogP contribution in [0.5, 0.6) is 0 Å².